The Bertz CT molecular complexity index is 538. The van der Waals surface area contributed by atoms with Crippen LogP contribution in [0.25, 0.3) is 0 Å². The third kappa shape index (κ3) is 3.03. The number of benzene rings is 1. The van der Waals surface area contributed by atoms with Gasteiger partial charge in [-0.1, -0.05) is 16.8 Å². The minimum atomic E-state index is -0.141. The van der Waals surface area contributed by atoms with Gasteiger partial charge in [-0.25, -0.2) is 0 Å². The van der Waals surface area contributed by atoms with Crippen LogP contribution < -0.4 is 10.5 Å². The molecule has 1 aromatic carbocycles. The monoisotopic (exact) mass is 266 g/mol. The van der Waals surface area contributed by atoms with Gasteiger partial charge in [-0.3, -0.25) is 0 Å². The standard InChI is InChI=1S/C13H15ClN2O2/c1-8-5-11(16-18-8)7-17-13-4-3-10(14)6-12(13)9(2)15/h3-6,9H,7,15H2,1-2H3/t9-/m1/s1. The number of ether oxygens (including phenoxy) is 1. The molecular weight excluding hydrogens is 252 g/mol. The van der Waals surface area contributed by atoms with Crippen molar-refractivity contribution in [1.82, 2.24) is 5.16 Å². The molecule has 0 aliphatic rings. The molecule has 0 fully saturated rings. The molecule has 0 aliphatic heterocycles. The highest BCUT2D eigenvalue weighted by molar-refractivity contribution is 6.30. The maximum Gasteiger partial charge on any atom is 0.134 e. The lowest BCUT2D eigenvalue weighted by atomic mass is 10.1. The van der Waals surface area contributed by atoms with Gasteiger partial charge in [-0.2, -0.15) is 0 Å². The second-order valence-corrected chi connectivity index (χ2v) is 4.62. The van der Waals surface area contributed by atoms with E-state index >= 15 is 0 Å². The minimum absolute atomic E-state index is 0.141. The Hall–Kier alpha value is -1.52. The van der Waals surface area contributed by atoms with Crippen LogP contribution in [-0.4, -0.2) is 5.16 Å². The highest BCUT2D eigenvalue weighted by Crippen LogP contribution is 2.27. The Balaban J connectivity index is 2.13. The normalized spacial score (nSPS) is 12.4. The number of hydrogen-bond donors (Lipinski definition) is 1. The number of halogens is 1. The molecular formula is C13H15ClN2O2. The first kappa shape index (κ1) is 12.9. The maximum atomic E-state index is 5.94. The second kappa shape index (κ2) is 5.42. The van der Waals surface area contributed by atoms with Gasteiger partial charge in [0.1, 0.15) is 23.8 Å². The van der Waals surface area contributed by atoms with Crippen LogP contribution in [0.1, 0.15) is 30.0 Å². The van der Waals surface area contributed by atoms with Gasteiger partial charge in [-0.15, -0.1) is 0 Å². The first-order valence-electron chi connectivity index (χ1n) is 5.66. The number of hydrogen-bond acceptors (Lipinski definition) is 4. The third-order valence-electron chi connectivity index (χ3n) is 2.51. The van der Waals surface area contributed by atoms with Crippen LogP contribution in [0.2, 0.25) is 5.02 Å². The van der Waals surface area contributed by atoms with Crippen molar-refractivity contribution in [3.8, 4) is 5.75 Å². The molecule has 0 amide bonds. The number of aryl methyl sites for hydroxylation is 1. The highest BCUT2D eigenvalue weighted by Gasteiger charge is 2.10. The van der Waals surface area contributed by atoms with Gasteiger partial charge < -0.3 is 15.0 Å². The number of rotatable bonds is 4. The molecule has 1 heterocycles. The Morgan fingerprint density at radius 2 is 2.22 bits per heavy atom. The predicted molar refractivity (Wildman–Crippen MR) is 69.6 cm³/mol. The fraction of sp³-hybridized carbons (Fsp3) is 0.308. The molecule has 1 aromatic heterocycles. The van der Waals surface area contributed by atoms with Gasteiger partial charge in [0.05, 0.1) is 0 Å². The molecule has 2 aromatic rings. The van der Waals surface area contributed by atoms with E-state index < -0.39 is 0 Å². The SMILES string of the molecule is Cc1cc(COc2ccc(Cl)cc2[C@@H](C)N)no1. The fourth-order valence-corrected chi connectivity index (χ4v) is 1.82. The first-order chi connectivity index (χ1) is 8.56. The van der Waals surface area contributed by atoms with Gasteiger partial charge in [-0.05, 0) is 32.0 Å². The summed E-state index contributed by atoms with van der Waals surface area (Å²) in [5.41, 5.74) is 7.51. The first-order valence-corrected chi connectivity index (χ1v) is 6.04. The summed E-state index contributed by atoms with van der Waals surface area (Å²) in [6, 6.07) is 7.10. The molecule has 0 spiro atoms. The van der Waals surface area contributed by atoms with E-state index in [1.807, 2.05) is 32.0 Å². The van der Waals surface area contributed by atoms with Crippen molar-refractivity contribution in [1.29, 1.82) is 0 Å². The van der Waals surface area contributed by atoms with E-state index in [-0.39, 0.29) is 6.04 Å². The highest BCUT2D eigenvalue weighted by atomic mass is 35.5. The summed E-state index contributed by atoms with van der Waals surface area (Å²) in [6.07, 6.45) is 0. The van der Waals surface area contributed by atoms with Crippen molar-refractivity contribution in [3.05, 3.63) is 46.3 Å². The van der Waals surface area contributed by atoms with E-state index in [9.17, 15) is 0 Å². The lowest BCUT2D eigenvalue weighted by Gasteiger charge is -2.13. The van der Waals surface area contributed by atoms with Gasteiger partial charge >= 0.3 is 0 Å². The van der Waals surface area contributed by atoms with Crippen LogP contribution in [0.15, 0.2) is 28.8 Å². The zero-order chi connectivity index (χ0) is 13.1. The minimum Gasteiger partial charge on any atom is -0.487 e. The van der Waals surface area contributed by atoms with E-state index in [1.165, 1.54) is 0 Å². The predicted octanol–water partition coefficient (Wildman–Crippen LogP) is 3.24. The molecule has 0 saturated carbocycles. The summed E-state index contributed by atoms with van der Waals surface area (Å²) >= 11 is 5.94. The molecule has 0 unspecified atom stereocenters. The summed E-state index contributed by atoms with van der Waals surface area (Å²) < 4.78 is 10.7. The van der Waals surface area contributed by atoms with Crippen LogP contribution in [0.4, 0.5) is 0 Å². The summed E-state index contributed by atoms with van der Waals surface area (Å²) in [6.45, 7) is 4.07. The molecule has 0 radical (unpaired) electrons. The van der Waals surface area contributed by atoms with Gasteiger partial charge in [0, 0.05) is 22.7 Å². The second-order valence-electron chi connectivity index (χ2n) is 4.19. The average molecular weight is 267 g/mol. The van der Waals surface area contributed by atoms with E-state index in [0.29, 0.717) is 11.6 Å². The third-order valence-corrected chi connectivity index (χ3v) is 2.75. The van der Waals surface area contributed by atoms with Crippen molar-refractivity contribution in [2.75, 3.05) is 0 Å². The molecule has 96 valence electrons. The van der Waals surface area contributed by atoms with E-state index in [0.717, 1.165) is 22.8 Å². The summed E-state index contributed by atoms with van der Waals surface area (Å²) in [5.74, 6) is 1.48. The Labute approximate surface area is 111 Å². The molecule has 0 aliphatic carbocycles. The van der Waals surface area contributed by atoms with Crippen molar-refractivity contribution in [2.45, 2.75) is 26.5 Å². The largest absolute Gasteiger partial charge is 0.487 e. The van der Waals surface area contributed by atoms with Crippen LogP contribution >= 0.6 is 11.6 Å². The topological polar surface area (TPSA) is 61.3 Å². The average Bonchev–Trinajstić information content (AvgIpc) is 2.73. The molecule has 4 nitrogen and oxygen atoms in total. The number of aromatic nitrogens is 1. The van der Waals surface area contributed by atoms with Gasteiger partial charge in [0.25, 0.3) is 0 Å². The molecule has 0 bridgehead atoms. The smallest absolute Gasteiger partial charge is 0.134 e. The van der Waals surface area contributed by atoms with E-state index in [1.54, 1.807) is 6.07 Å². The fourth-order valence-electron chi connectivity index (χ4n) is 1.64. The zero-order valence-electron chi connectivity index (χ0n) is 10.3. The molecule has 1 atom stereocenters. The molecule has 0 saturated heterocycles. The van der Waals surface area contributed by atoms with Crippen LogP contribution in [0.3, 0.4) is 0 Å². The van der Waals surface area contributed by atoms with Gasteiger partial charge in [0.2, 0.25) is 0 Å². The van der Waals surface area contributed by atoms with E-state index in [4.69, 9.17) is 26.6 Å². The lowest BCUT2D eigenvalue weighted by Crippen LogP contribution is -2.08. The molecule has 5 heteroatoms. The molecule has 2 N–H and O–H groups in total. The van der Waals surface area contributed by atoms with Crippen molar-refractivity contribution in [3.63, 3.8) is 0 Å². The van der Waals surface area contributed by atoms with Crippen molar-refractivity contribution >= 4 is 11.6 Å². The lowest BCUT2D eigenvalue weighted by molar-refractivity contribution is 0.284. The van der Waals surface area contributed by atoms with E-state index in [2.05, 4.69) is 5.16 Å². The maximum absolute atomic E-state index is 5.94. The number of nitrogens with zero attached hydrogens (tertiary/aromatic N) is 1. The Morgan fingerprint density at radius 3 is 2.83 bits per heavy atom. The van der Waals surface area contributed by atoms with Crippen molar-refractivity contribution < 1.29 is 9.26 Å². The van der Waals surface area contributed by atoms with Crippen molar-refractivity contribution in [2.24, 2.45) is 5.73 Å². The Kier molecular flexibility index (Phi) is 3.89. The summed E-state index contributed by atoms with van der Waals surface area (Å²) in [4.78, 5) is 0. The quantitative estimate of drug-likeness (QED) is 0.923. The molecule has 2 rings (SSSR count). The molecule has 18 heavy (non-hydrogen) atoms. The van der Waals surface area contributed by atoms with Crippen LogP contribution in [-0.2, 0) is 6.61 Å². The van der Waals surface area contributed by atoms with Crippen LogP contribution in [0, 0.1) is 6.92 Å². The zero-order valence-corrected chi connectivity index (χ0v) is 11.1. The number of nitrogens with two attached hydrogens (primary N) is 1. The Morgan fingerprint density at radius 1 is 1.44 bits per heavy atom. The summed E-state index contributed by atoms with van der Waals surface area (Å²) in [5, 5.41) is 4.51. The van der Waals surface area contributed by atoms with Gasteiger partial charge in [0.15, 0.2) is 0 Å². The van der Waals surface area contributed by atoms with Crippen LogP contribution in [0.5, 0.6) is 5.75 Å². The summed E-state index contributed by atoms with van der Waals surface area (Å²) in [7, 11) is 0.